The first-order valence-electron chi connectivity index (χ1n) is 8.85. The number of carbonyl (C=O) groups is 4. The number of aliphatic hydroxyl groups excluding tert-OH is 2. The topological polar surface area (TPSA) is 183 Å². The molecule has 0 aromatic carbocycles. The van der Waals surface area contributed by atoms with Crippen LogP contribution in [0.3, 0.4) is 0 Å². The van der Waals surface area contributed by atoms with Crippen molar-refractivity contribution in [2.45, 2.75) is 50.5 Å². The van der Waals surface area contributed by atoms with Gasteiger partial charge in [0.25, 0.3) is 0 Å². The number of fused-ring (bicyclic) bond motifs is 1. The molecule has 0 spiro atoms. The third-order valence-electron chi connectivity index (χ3n) is 3.68. The minimum Gasteiger partial charge on any atom is -0.431 e. The van der Waals surface area contributed by atoms with Gasteiger partial charge >= 0.3 is 24.6 Å². The monoisotopic (exact) mass is 438 g/mol. The minimum absolute atomic E-state index is 0.140. The first-order chi connectivity index (χ1) is 14.2. The second-order valence-corrected chi connectivity index (χ2v) is 6.43. The Morgan fingerprint density at radius 2 is 1.13 bits per heavy atom. The van der Waals surface area contributed by atoms with Crippen LogP contribution in [0.1, 0.15) is 13.8 Å². The van der Waals surface area contributed by atoms with E-state index in [-0.39, 0.29) is 26.4 Å². The lowest BCUT2D eigenvalue weighted by Crippen LogP contribution is -2.36. The highest BCUT2D eigenvalue weighted by molar-refractivity contribution is 5.77. The van der Waals surface area contributed by atoms with Crippen LogP contribution < -0.4 is 0 Å². The first kappa shape index (κ1) is 23.6. The summed E-state index contributed by atoms with van der Waals surface area (Å²) < 4.78 is 38.1. The highest BCUT2D eigenvalue weighted by Crippen LogP contribution is 2.31. The van der Waals surface area contributed by atoms with Gasteiger partial charge in [-0.25, -0.2) is 19.2 Å². The third kappa shape index (κ3) is 7.29. The lowest BCUT2D eigenvalue weighted by molar-refractivity contribution is -0.0420. The van der Waals surface area contributed by atoms with Crippen molar-refractivity contribution in [3.05, 3.63) is 0 Å². The van der Waals surface area contributed by atoms with Gasteiger partial charge in [-0.2, -0.15) is 0 Å². The molecule has 6 atom stereocenters. The Balaban J connectivity index is 1.74. The molecule has 0 aromatic heterocycles. The highest BCUT2D eigenvalue weighted by Gasteiger charge is 2.51. The average Bonchev–Trinajstić information content (AvgIpc) is 3.22. The summed E-state index contributed by atoms with van der Waals surface area (Å²) in [4.78, 5) is 45.8. The first-order valence-corrected chi connectivity index (χ1v) is 8.85. The van der Waals surface area contributed by atoms with Gasteiger partial charge in [0.1, 0.15) is 25.4 Å². The van der Waals surface area contributed by atoms with E-state index >= 15 is 0 Å². The molecule has 2 rings (SSSR count). The molecule has 0 aliphatic carbocycles. The van der Waals surface area contributed by atoms with E-state index in [1.807, 2.05) is 0 Å². The standard InChI is InChI=1S/C16H22O14/c1-7(17)3-25-13(19)29-15(21)27-9-5-23-12-10(6-24-11(9)12)28-16(22)30-14(20)26-4-8(2)18/h7-12,17-18H,3-6H2,1-2H3. The summed E-state index contributed by atoms with van der Waals surface area (Å²) in [6.07, 6.45) is -10.9. The number of hydrogen-bond donors (Lipinski definition) is 2. The quantitative estimate of drug-likeness (QED) is 0.317. The summed E-state index contributed by atoms with van der Waals surface area (Å²) in [6.45, 7) is 1.72. The predicted molar refractivity (Wildman–Crippen MR) is 88.2 cm³/mol. The fourth-order valence-electron chi connectivity index (χ4n) is 2.50. The van der Waals surface area contributed by atoms with Crippen LogP contribution in [0.25, 0.3) is 0 Å². The van der Waals surface area contributed by atoms with Crippen molar-refractivity contribution in [2.24, 2.45) is 0 Å². The van der Waals surface area contributed by atoms with Crippen molar-refractivity contribution >= 4 is 24.6 Å². The number of rotatable bonds is 6. The summed E-state index contributed by atoms with van der Waals surface area (Å²) in [5.74, 6) is 0. The molecule has 0 saturated carbocycles. The normalized spacial score (nSPS) is 26.7. The fraction of sp³-hybridized carbons (Fsp3) is 0.750. The van der Waals surface area contributed by atoms with Crippen molar-refractivity contribution in [1.29, 1.82) is 0 Å². The van der Waals surface area contributed by atoms with E-state index in [0.717, 1.165) is 0 Å². The zero-order valence-electron chi connectivity index (χ0n) is 16.1. The van der Waals surface area contributed by atoms with Gasteiger partial charge in [-0.05, 0) is 13.8 Å². The smallest absolute Gasteiger partial charge is 0.431 e. The van der Waals surface area contributed by atoms with Gasteiger partial charge in [0.2, 0.25) is 0 Å². The molecule has 2 saturated heterocycles. The average molecular weight is 438 g/mol. The molecule has 170 valence electrons. The molecule has 2 aliphatic rings. The summed E-state index contributed by atoms with van der Waals surface area (Å²) >= 11 is 0. The lowest BCUT2D eigenvalue weighted by atomic mass is 10.1. The Bertz CT molecular complexity index is 577. The van der Waals surface area contributed by atoms with Crippen LogP contribution in [0.15, 0.2) is 0 Å². The van der Waals surface area contributed by atoms with E-state index < -0.39 is 61.2 Å². The van der Waals surface area contributed by atoms with Crippen molar-refractivity contribution in [3.8, 4) is 0 Å². The molecule has 6 unspecified atom stereocenters. The van der Waals surface area contributed by atoms with E-state index in [1.165, 1.54) is 13.8 Å². The zero-order valence-corrected chi connectivity index (χ0v) is 16.1. The van der Waals surface area contributed by atoms with E-state index in [0.29, 0.717) is 0 Å². The van der Waals surface area contributed by atoms with E-state index in [1.54, 1.807) is 0 Å². The molecule has 2 fully saturated rings. The second kappa shape index (κ2) is 10.9. The molecule has 0 aromatic rings. The van der Waals surface area contributed by atoms with Gasteiger partial charge in [-0.15, -0.1) is 0 Å². The molecule has 2 N–H and O–H groups in total. The largest absolute Gasteiger partial charge is 0.519 e. The Kier molecular flexibility index (Phi) is 8.58. The van der Waals surface area contributed by atoms with Gasteiger partial charge in [-0.1, -0.05) is 0 Å². The molecule has 0 radical (unpaired) electrons. The van der Waals surface area contributed by atoms with E-state index in [9.17, 15) is 19.2 Å². The van der Waals surface area contributed by atoms with Gasteiger partial charge in [0.15, 0.2) is 12.2 Å². The van der Waals surface area contributed by atoms with Crippen molar-refractivity contribution in [1.82, 2.24) is 0 Å². The SMILES string of the molecule is CC(O)COC(=O)OC(=O)OC1COC2C(OC(=O)OC(=O)OCC(C)O)COC12. The Morgan fingerprint density at radius 1 is 0.767 bits per heavy atom. The maximum absolute atomic E-state index is 11.6. The molecule has 2 heterocycles. The number of hydrogen-bond acceptors (Lipinski definition) is 14. The van der Waals surface area contributed by atoms with Gasteiger partial charge in [0, 0.05) is 0 Å². The molecule has 14 heteroatoms. The van der Waals surface area contributed by atoms with E-state index in [2.05, 4.69) is 18.9 Å². The molecule has 0 amide bonds. The molecule has 2 aliphatic heterocycles. The highest BCUT2D eigenvalue weighted by atomic mass is 16.8. The van der Waals surface area contributed by atoms with Crippen LogP contribution in [0.2, 0.25) is 0 Å². The molecule has 0 bridgehead atoms. The predicted octanol–water partition coefficient (Wildman–Crippen LogP) is -0.138. The summed E-state index contributed by atoms with van der Waals surface area (Å²) in [5, 5.41) is 18.0. The van der Waals surface area contributed by atoms with Crippen molar-refractivity contribution < 1.29 is 67.3 Å². The number of aliphatic hydroxyl groups is 2. The van der Waals surface area contributed by atoms with Crippen LogP contribution in [0.4, 0.5) is 19.2 Å². The fourth-order valence-corrected chi connectivity index (χ4v) is 2.50. The lowest BCUT2D eigenvalue weighted by Gasteiger charge is -2.16. The second-order valence-electron chi connectivity index (χ2n) is 6.43. The molecule has 14 nitrogen and oxygen atoms in total. The summed E-state index contributed by atoms with van der Waals surface area (Å²) in [5.41, 5.74) is 0. The number of carbonyl (C=O) groups excluding carboxylic acids is 4. The number of ether oxygens (including phenoxy) is 8. The van der Waals surface area contributed by atoms with Gasteiger partial charge in [0.05, 0.1) is 25.4 Å². The minimum atomic E-state index is -1.37. The third-order valence-corrected chi connectivity index (χ3v) is 3.68. The zero-order chi connectivity index (χ0) is 22.3. The van der Waals surface area contributed by atoms with Crippen LogP contribution in [-0.4, -0.2) is 97.9 Å². The Hall–Kier alpha value is -2.68. The van der Waals surface area contributed by atoms with Crippen LogP contribution in [0, 0.1) is 0 Å². The van der Waals surface area contributed by atoms with Gasteiger partial charge < -0.3 is 48.1 Å². The summed E-state index contributed by atoms with van der Waals surface area (Å²) in [7, 11) is 0. The maximum atomic E-state index is 11.6. The Labute approximate surface area is 169 Å². The van der Waals surface area contributed by atoms with Crippen molar-refractivity contribution in [2.75, 3.05) is 26.4 Å². The summed E-state index contributed by atoms with van der Waals surface area (Å²) in [6, 6.07) is 0. The molecular weight excluding hydrogens is 416 g/mol. The van der Waals surface area contributed by atoms with Crippen molar-refractivity contribution in [3.63, 3.8) is 0 Å². The maximum Gasteiger partial charge on any atom is 0.519 e. The van der Waals surface area contributed by atoms with Crippen LogP contribution in [-0.2, 0) is 37.9 Å². The van der Waals surface area contributed by atoms with E-state index in [4.69, 9.17) is 29.2 Å². The Morgan fingerprint density at radius 3 is 1.47 bits per heavy atom. The van der Waals surface area contributed by atoms with Crippen LogP contribution in [0.5, 0.6) is 0 Å². The molecule has 30 heavy (non-hydrogen) atoms. The van der Waals surface area contributed by atoms with Crippen LogP contribution >= 0.6 is 0 Å². The van der Waals surface area contributed by atoms with Gasteiger partial charge in [-0.3, -0.25) is 0 Å². The molecular formula is C16H22O14.